The Morgan fingerprint density at radius 2 is 1.88 bits per heavy atom. The topological polar surface area (TPSA) is 40.6 Å². The smallest absolute Gasteiger partial charge is 0.254 e. The number of carbonyl (C=O) groups excluding carboxylic acids is 2. The van der Waals surface area contributed by atoms with E-state index in [9.17, 15) is 14.0 Å². The molecular formula is C19H19FN2O2. The molecule has 2 amide bonds. The number of hydrogen-bond donors (Lipinski definition) is 0. The van der Waals surface area contributed by atoms with Crippen molar-refractivity contribution < 1.29 is 14.0 Å². The summed E-state index contributed by atoms with van der Waals surface area (Å²) < 4.78 is 13.4. The van der Waals surface area contributed by atoms with Gasteiger partial charge < -0.3 is 9.80 Å². The van der Waals surface area contributed by atoms with Crippen molar-refractivity contribution >= 4 is 17.5 Å². The van der Waals surface area contributed by atoms with Gasteiger partial charge in [-0.3, -0.25) is 9.59 Å². The fraction of sp³-hybridized carbons (Fsp3) is 0.263. The zero-order chi connectivity index (χ0) is 17.3. The lowest BCUT2D eigenvalue weighted by atomic mass is 10.1. The molecule has 1 heterocycles. The number of amides is 2. The van der Waals surface area contributed by atoms with Crippen LogP contribution in [0.1, 0.15) is 22.8 Å². The first-order valence-electron chi connectivity index (χ1n) is 7.92. The second-order valence-corrected chi connectivity index (χ2v) is 6.01. The first kappa shape index (κ1) is 16.2. The summed E-state index contributed by atoms with van der Waals surface area (Å²) >= 11 is 0. The molecule has 0 aromatic heterocycles. The molecule has 1 atom stereocenters. The summed E-state index contributed by atoms with van der Waals surface area (Å²) in [6.45, 7) is 4.40. The number of nitrogens with zero attached hydrogens (tertiary/aromatic N) is 2. The van der Waals surface area contributed by atoms with Gasteiger partial charge in [0.2, 0.25) is 5.91 Å². The van der Waals surface area contributed by atoms with Gasteiger partial charge in [-0.1, -0.05) is 23.8 Å². The van der Waals surface area contributed by atoms with Crippen LogP contribution in [0.15, 0.2) is 48.5 Å². The predicted octanol–water partition coefficient (Wildman–Crippen LogP) is 3.01. The summed E-state index contributed by atoms with van der Waals surface area (Å²) in [4.78, 5) is 28.5. The highest BCUT2D eigenvalue weighted by molar-refractivity contribution is 6.03. The number of piperazine rings is 1. The van der Waals surface area contributed by atoms with Gasteiger partial charge in [0.15, 0.2) is 0 Å². The highest BCUT2D eigenvalue weighted by atomic mass is 19.1. The van der Waals surface area contributed by atoms with E-state index in [0.29, 0.717) is 24.3 Å². The van der Waals surface area contributed by atoms with Crippen LogP contribution in [-0.4, -0.2) is 35.8 Å². The van der Waals surface area contributed by atoms with Gasteiger partial charge in [0, 0.05) is 24.3 Å². The molecule has 0 N–H and O–H groups in total. The fourth-order valence-corrected chi connectivity index (χ4v) is 2.99. The number of anilines is 1. The van der Waals surface area contributed by atoms with Crippen molar-refractivity contribution in [2.75, 3.05) is 18.0 Å². The van der Waals surface area contributed by atoms with Crippen molar-refractivity contribution in [1.82, 2.24) is 4.90 Å². The molecule has 5 heteroatoms. The van der Waals surface area contributed by atoms with Gasteiger partial charge in [-0.2, -0.15) is 0 Å². The van der Waals surface area contributed by atoms with Crippen LogP contribution in [0.4, 0.5) is 10.1 Å². The Morgan fingerprint density at radius 3 is 2.58 bits per heavy atom. The van der Waals surface area contributed by atoms with Crippen LogP contribution < -0.4 is 4.90 Å². The molecule has 124 valence electrons. The summed E-state index contributed by atoms with van der Waals surface area (Å²) in [5.74, 6) is -0.738. The van der Waals surface area contributed by atoms with Gasteiger partial charge in [-0.25, -0.2) is 4.39 Å². The SMILES string of the molecule is Cc1cccc(C(=O)N2CCN(c3cccc(F)c3)C(=O)[C@@H]2C)c1. The standard InChI is InChI=1S/C19H19FN2O2/c1-13-5-3-6-15(11-13)19(24)21-9-10-22(18(23)14(21)2)17-8-4-7-16(20)12-17/h3-8,11-12,14H,9-10H2,1-2H3/t14-/m0/s1. The van der Waals surface area contributed by atoms with Crippen molar-refractivity contribution in [2.24, 2.45) is 0 Å². The Balaban J connectivity index is 1.81. The van der Waals surface area contributed by atoms with Crippen molar-refractivity contribution in [1.29, 1.82) is 0 Å². The zero-order valence-electron chi connectivity index (χ0n) is 13.7. The number of benzene rings is 2. The van der Waals surface area contributed by atoms with Crippen LogP contribution in [0, 0.1) is 12.7 Å². The highest BCUT2D eigenvalue weighted by Gasteiger charge is 2.35. The first-order chi connectivity index (χ1) is 11.5. The highest BCUT2D eigenvalue weighted by Crippen LogP contribution is 2.22. The van der Waals surface area contributed by atoms with Crippen LogP contribution in [0.5, 0.6) is 0 Å². The zero-order valence-corrected chi connectivity index (χ0v) is 13.7. The number of halogens is 1. The lowest BCUT2D eigenvalue weighted by Gasteiger charge is -2.39. The number of rotatable bonds is 2. The molecule has 4 nitrogen and oxygen atoms in total. The Bertz CT molecular complexity index is 790. The summed E-state index contributed by atoms with van der Waals surface area (Å²) in [6, 6.07) is 12.7. The maximum absolute atomic E-state index is 13.4. The maximum Gasteiger partial charge on any atom is 0.254 e. The van der Waals surface area contributed by atoms with E-state index in [1.807, 2.05) is 25.1 Å². The normalized spacial score (nSPS) is 18.0. The van der Waals surface area contributed by atoms with Crippen LogP contribution >= 0.6 is 0 Å². The Labute approximate surface area is 140 Å². The van der Waals surface area contributed by atoms with Crippen LogP contribution in [0.3, 0.4) is 0 Å². The second-order valence-electron chi connectivity index (χ2n) is 6.01. The Morgan fingerprint density at radius 1 is 1.12 bits per heavy atom. The predicted molar refractivity (Wildman–Crippen MR) is 90.4 cm³/mol. The van der Waals surface area contributed by atoms with Crippen molar-refractivity contribution in [3.8, 4) is 0 Å². The molecule has 0 spiro atoms. The number of hydrogen-bond acceptors (Lipinski definition) is 2. The first-order valence-corrected chi connectivity index (χ1v) is 7.92. The summed E-state index contributed by atoms with van der Waals surface area (Å²) in [6.07, 6.45) is 0. The third kappa shape index (κ3) is 3.02. The summed E-state index contributed by atoms with van der Waals surface area (Å²) in [5.41, 5.74) is 2.10. The molecule has 1 saturated heterocycles. The number of carbonyl (C=O) groups is 2. The van der Waals surface area contributed by atoms with E-state index in [1.165, 1.54) is 17.0 Å². The third-order valence-corrected chi connectivity index (χ3v) is 4.30. The molecule has 0 unspecified atom stereocenters. The average Bonchev–Trinajstić information content (AvgIpc) is 2.56. The van der Waals surface area contributed by atoms with Crippen LogP contribution in [0.25, 0.3) is 0 Å². The van der Waals surface area contributed by atoms with Gasteiger partial charge in [-0.05, 0) is 44.2 Å². The molecule has 2 aromatic carbocycles. The van der Waals surface area contributed by atoms with E-state index < -0.39 is 6.04 Å². The minimum absolute atomic E-state index is 0.154. The molecule has 0 bridgehead atoms. The maximum atomic E-state index is 13.4. The molecular weight excluding hydrogens is 307 g/mol. The molecule has 1 fully saturated rings. The van der Waals surface area contributed by atoms with E-state index >= 15 is 0 Å². The van der Waals surface area contributed by atoms with E-state index in [2.05, 4.69) is 0 Å². The van der Waals surface area contributed by atoms with Crippen molar-refractivity contribution in [2.45, 2.75) is 19.9 Å². The molecule has 24 heavy (non-hydrogen) atoms. The average molecular weight is 326 g/mol. The minimum atomic E-state index is -0.588. The quantitative estimate of drug-likeness (QED) is 0.851. The van der Waals surface area contributed by atoms with Gasteiger partial charge in [0.1, 0.15) is 11.9 Å². The van der Waals surface area contributed by atoms with Crippen molar-refractivity contribution in [3.05, 3.63) is 65.5 Å². The molecule has 1 aliphatic heterocycles. The summed E-state index contributed by atoms with van der Waals surface area (Å²) in [7, 11) is 0. The van der Waals surface area contributed by atoms with E-state index in [0.717, 1.165) is 5.56 Å². The molecule has 1 aliphatic rings. The van der Waals surface area contributed by atoms with E-state index in [4.69, 9.17) is 0 Å². The van der Waals surface area contributed by atoms with Crippen molar-refractivity contribution in [3.63, 3.8) is 0 Å². The lowest BCUT2D eigenvalue weighted by Crippen LogP contribution is -2.57. The lowest BCUT2D eigenvalue weighted by molar-refractivity contribution is -0.124. The van der Waals surface area contributed by atoms with Gasteiger partial charge in [0.05, 0.1) is 0 Å². The number of aryl methyl sites for hydroxylation is 1. The molecule has 0 aliphatic carbocycles. The van der Waals surface area contributed by atoms with Gasteiger partial charge >= 0.3 is 0 Å². The van der Waals surface area contributed by atoms with Gasteiger partial charge in [-0.15, -0.1) is 0 Å². The minimum Gasteiger partial charge on any atom is -0.325 e. The molecule has 2 aromatic rings. The summed E-state index contributed by atoms with van der Waals surface area (Å²) in [5, 5.41) is 0. The van der Waals surface area contributed by atoms with Crippen LogP contribution in [-0.2, 0) is 4.79 Å². The monoisotopic (exact) mass is 326 g/mol. The second kappa shape index (κ2) is 6.43. The van der Waals surface area contributed by atoms with E-state index in [-0.39, 0.29) is 17.6 Å². The van der Waals surface area contributed by atoms with E-state index in [1.54, 1.807) is 30.0 Å². The molecule has 0 radical (unpaired) electrons. The van der Waals surface area contributed by atoms with Gasteiger partial charge in [0.25, 0.3) is 5.91 Å². The third-order valence-electron chi connectivity index (χ3n) is 4.30. The molecule has 3 rings (SSSR count). The largest absolute Gasteiger partial charge is 0.325 e. The fourth-order valence-electron chi connectivity index (χ4n) is 2.99. The molecule has 0 saturated carbocycles. The van der Waals surface area contributed by atoms with Crippen LogP contribution in [0.2, 0.25) is 0 Å². The Hall–Kier alpha value is -2.69. The Kier molecular flexibility index (Phi) is 4.34.